The summed E-state index contributed by atoms with van der Waals surface area (Å²) < 4.78 is 9.69. The highest BCUT2D eigenvalue weighted by Crippen LogP contribution is 2.16. The van der Waals surface area contributed by atoms with Crippen LogP contribution < -0.4 is 9.47 Å². The number of rotatable bonds is 2. The minimum absolute atomic E-state index is 0.231. The zero-order chi connectivity index (χ0) is 13.4. The van der Waals surface area contributed by atoms with Gasteiger partial charge in [0.2, 0.25) is 0 Å². The van der Waals surface area contributed by atoms with E-state index in [2.05, 4.69) is 0 Å². The Morgan fingerprint density at radius 3 is 1.78 bits per heavy atom. The number of ether oxygens (including phenoxy) is 2. The molecule has 0 aliphatic rings. The van der Waals surface area contributed by atoms with E-state index in [9.17, 15) is 0 Å². The van der Waals surface area contributed by atoms with Gasteiger partial charge in [-0.05, 0) is 36.4 Å². The van der Waals surface area contributed by atoms with Gasteiger partial charge < -0.3 is 19.7 Å². The second kappa shape index (κ2) is 7.06. The largest absolute Gasteiger partial charge is 0.508 e. The maximum absolute atomic E-state index is 8.86. The van der Waals surface area contributed by atoms with Crippen molar-refractivity contribution in [2.24, 2.45) is 0 Å². The van der Waals surface area contributed by atoms with Gasteiger partial charge in [0.1, 0.15) is 23.0 Å². The molecule has 0 aliphatic carbocycles. The number of phenolic OH excluding ortho intramolecular Hbond substituents is 2. The number of hydrogen-bond acceptors (Lipinski definition) is 4. The molecule has 0 heterocycles. The topological polar surface area (TPSA) is 58.9 Å². The van der Waals surface area contributed by atoms with Gasteiger partial charge in [-0.2, -0.15) is 0 Å². The fourth-order valence-electron chi connectivity index (χ4n) is 1.19. The summed E-state index contributed by atoms with van der Waals surface area (Å²) in [5.74, 6) is 1.92. The van der Waals surface area contributed by atoms with Crippen molar-refractivity contribution in [1.82, 2.24) is 0 Å². The molecule has 18 heavy (non-hydrogen) atoms. The molecule has 0 atom stereocenters. The van der Waals surface area contributed by atoms with Gasteiger partial charge >= 0.3 is 0 Å². The van der Waals surface area contributed by atoms with E-state index in [1.165, 1.54) is 0 Å². The molecular formula is C14H16O4. The van der Waals surface area contributed by atoms with Crippen LogP contribution in [0.15, 0.2) is 48.5 Å². The van der Waals surface area contributed by atoms with E-state index in [4.69, 9.17) is 19.7 Å². The lowest BCUT2D eigenvalue weighted by Gasteiger charge is -1.97. The molecule has 0 saturated carbocycles. The van der Waals surface area contributed by atoms with Gasteiger partial charge in [0.15, 0.2) is 0 Å². The van der Waals surface area contributed by atoms with Crippen LogP contribution in [0.1, 0.15) is 0 Å². The first-order valence-electron chi connectivity index (χ1n) is 5.31. The number of hydrogen-bond donors (Lipinski definition) is 2. The van der Waals surface area contributed by atoms with Crippen LogP contribution in [-0.4, -0.2) is 24.4 Å². The average Bonchev–Trinajstić information content (AvgIpc) is 2.40. The van der Waals surface area contributed by atoms with Crippen molar-refractivity contribution in [3.05, 3.63) is 48.5 Å². The van der Waals surface area contributed by atoms with Crippen LogP contribution in [0.25, 0.3) is 0 Å². The molecule has 0 bridgehead atoms. The third-order valence-corrected chi connectivity index (χ3v) is 2.13. The van der Waals surface area contributed by atoms with E-state index in [0.717, 1.165) is 5.75 Å². The standard InChI is InChI=1S/2C7H8O2/c1-9-7-4-2-6(8)3-5-7;1-9-7-4-2-3-6(8)5-7/h2*2-5,8H,1H3. The second-order valence-electron chi connectivity index (χ2n) is 3.40. The van der Waals surface area contributed by atoms with Crippen LogP contribution in [0.3, 0.4) is 0 Å². The number of benzene rings is 2. The summed E-state index contributed by atoms with van der Waals surface area (Å²) in [7, 11) is 3.15. The molecule has 0 amide bonds. The molecule has 2 aromatic carbocycles. The van der Waals surface area contributed by atoms with Crippen molar-refractivity contribution >= 4 is 0 Å². The molecule has 0 aliphatic heterocycles. The molecule has 4 nitrogen and oxygen atoms in total. The monoisotopic (exact) mass is 248 g/mol. The number of phenols is 2. The molecule has 0 unspecified atom stereocenters. The van der Waals surface area contributed by atoms with Gasteiger partial charge in [-0.15, -0.1) is 0 Å². The molecule has 0 aromatic heterocycles. The Morgan fingerprint density at radius 1 is 0.722 bits per heavy atom. The third kappa shape index (κ3) is 4.65. The van der Waals surface area contributed by atoms with Gasteiger partial charge in [0.25, 0.3) is 0 Å². The summed E-state index contributed by atoms with van der Waals surface area (Å²) >= 11 is 0. The molecule has 2 aromatic rings. The SMILES string of the molecule is COc1ccc(O)cc1.COc1cccc(O)c1. The molecule has 0 fully saturated rings. The molecule has 96 valence electrons. The third-order valence-electron chi connectivity index (χ3n) is 2.13. The molecule has 0 saturated heterocycles. The highest BCUT2D eigenvalue weighted by atomic mass is 16.5. The predicted octanol–water partition coefficient (Wildman–Crippen LogP) is 2.80. The number of aromatic hydroxyl groups is 2. The molecule has 2 N–H and O–H groups in total. The van der Waals surface area contributed by atoms with Crippen LogP contribution >= 0.6 is 0 Å². The minimum Gasteiger partial charge on any atom is -0.508 e. The summed E-state index contributed by atoms with van der Waals surface area (Å²) in [6.07, 6.45) is 0. The summed E-state index contributed by atoms with van der Waals surface area (Å²) in [6.45, 7) is 0. The Hall–Kier alpha value is -2.36. The van der Waals surface area contributed by atoms with Crippen LogP contribution in [0.4, 0.5) is 0 Å². The van der Waals surface area contributed by atoms with E-state index in [0.29, 0.717) is 5.75 Å². The van der Waals surface area contributed by atoms with Crippen LogP contribution in [0.2, 0.25) is 0 Å². The van der Waals surface area contributed by atoms with Gasteiger partial charge in [0, 0.05) is 6.07 Å². The van der Waals surface area contributed by atoms with Gasteiger partial charge in [-0.3, -0.25) is 0 Å². The molecule has 2 rings (SSSR count). The molecule has 4 heteroatoms. The van der Waals surface area contributed by atoms with Gasteiger partial charge in [-0.25, -0.2) is 0 Å². The molecule has 0 spiro atoms. The van der Waals surface area contributed by atoms with E-state index in [1.54, 1.807) is 62.8 Å². The van der Waals surface area contributed by atoms with Gasteiger partial charge in [0.05, 0.1) is 14.2 Å². The Kier molecular flexibility index (Phi) is 5.38. The van der Waals surface area contributed by atoms with Crippen LogP contribution in [0, 0.1) is 0 Å². The summed E-state index contributed by atoms with van der Waals surface area (Å²) in [5, 5.41) is 17.7. The quantitative estimate of drug-likeness (QED) is 0.858. The maximum Gasteiger partial charge on any atom is 0.122 e. The van der Waals surface area contributed by atoms with Gasteiger partial charge in [-0.1, -0.05) is 6.07 Å². The lowest BCUT2D eigenvalue weighted by Crippen LogP contribution is -1.79. The highest BCUT2D eigenvalue weighted by molar-refractivity contribution is 5.31. The Labute approximate surface area is 106 Å². The Balaban J connectivity index is 0.000000180. The number of methoxy groups -OCH3 is 2. The average molecular weight is 248 g/mol. The first kappa shape index (κ1) is 13.7. The van der Waals surface area contributed by atoms with Crippen molar-refractivity contribution < 1.29 is 19.7 Å². The zero-order valence-corrected chi connectivity index (χ0v) is 10.3. The van der Waals surface area contributed by atoms with Crippen molar-refractivity contribution in [3.63, 3.8) is 0 Å². The smallest absolute Gasteiger partial charge is 0.122 e. The second-order valence-corrected chi connectivity index (χ2v) is 3.40. The first-order valence-corrected chi connectivity index (χ1v) is 5.31. The Bertz CT molecular complexity index is 465. The minimum atomic E-state index is 0.231. The summed E-state index contributed by atoms with van der Waals surface area (Å²) in [6, 6.07) is 13.2. The van der Waals surface area contributed by atoms with Crippen molar-refractivity contribution in [2.45, 2.75) is 0 Å². The van der Waals surface area contributed by atoms with Crippen LogP contribution in [0.5, 0.6) is 23.0 Å². The summed E-state index contributed by atoms with van der Waals surface area (Å²) in [4.78, 5) is 0. The van der Waals surface area contributed by atoms with Crippen molar-refractivity contribution in [3.8, 4) is 23.0 Å². The highest BCUT2D eigenvalue weighted by Gasteiger charge is 1.89. The van der Waals surface area contributed by atoms with E-state index >= 15 is 0 Å². The van der Waals surface area contributed by atoms with E-state index in [-0.39, 0.29) is 11.5 Å². The zero-order valence-electron chi connectivity index (χ0n) is 10.3. The fourth-order valence-corrected chi connectivity index (χ4v) is 1.19. The predicted molar refractivity (Wildman–Crippen MR) is 69.3 cm³/mol. The van der Waals surface area contributed by atoms with Crippen LogP contribution in [-0.2, 0) is 0 Å². The first-order chi connectivity index (χ1) is 8.65. The normalized spacial score (nSPS) is 9.00. The molecular weight excluding hydrogens is 232 g/mol. The Morgan fingerprint density at radius 2 is 1.33 bits per heavy atom. The molecule has 0 radical (unpaired) electrons. The van der Waals surface area contributed by atoms with E-state index in [1.807, 2.05) is 0 Å². The lowest BCUT2D eigenvalue weighted by molar-refractivity contribution is 0.407. The maximum atomic E-state index is 8.86. The summed E-state index contributed by atoms with van der Waals surface area (Å²) in [5.41, 5.74) is 0. The lowest BCUT2D eigenvalue weighted by atomic mass is 10.3. The van der Waals surface area contributed by atoms with Crippen molar-refractivity contribution in [2.75, 3.05) is 14.2 Å². The van der Waals surface area contributed by atoms with E-state index < -0.39 is 0 Å². The van der Waals surface area contributed by atoms with Crippen molar-refractivity contribution in [1.29, 1.82) is 0 Å². The fraction of sp³-hybridized carbons (Fsp3) is 0.143.